The number of nitriles is 1. The van der Waals surface area contributed by atoms with Gasteiger partial charge in [-0.2, -0.15) is 5.26 Å². The summed E-state index contributed by atoms with van der Waals surface area (Å²) >= 11 is 0. The third-order valence-electron chi connectivity index (χ3n) is 7.45. The van der Waals surface area contributed by atoms with Crippen LogP contribution in [0.5, 0.6) is 11.5 Å². The number of rotatable bonds is 17. The minimum absolute atomic E-state index is 0.519. The summed E-state index contributed by atoms with van der Waals surface area (Å²) in [6, 6.07) is 23.5. The summed E-state index contributed by atoms with van der Waals surface area (Å²) in [5.74, 6) is 1.58. The maximum atomic E-state index is 8.92. The fraction of sp³-hybridized carbons (Fsp3) is 0.378. The van der Waals surface area contributed by atoms with E-state index in [4.69, 9.17) is 14.7 Å². The number of nitrogens with zero attached hydrogens (tertiary/aromatic N) is 3. The minimum atomic E-state index is 0.519. The van der Waals surface area contributed by atoms with Crippen molar-refractivity contribution in [3.63, 3.8) is 0 Å². The van der Waals surface area contributed by atoms with Crippen LogP contribution in [0, 0.1) is 11.3 Å². The van der Waals surface area contributed by atoms with Crippen LogP contribution in [0.15, 0.2) is 60.7 Å². The lowest BCUT2D eigenvalue weighted by Crippen LogP contribution is -2.25. The van der Waals surface area contributed by atoms with Crippen LogP contribution in [0.4, 0.5) is 11.4 Å². The molecule has 42 heavy (non-hydrogen) atoms. The molecule has 0 N–H and O–H groups in total. The molecule has 0 heterocycles. The molecule has 0 aliphatic heterocycles. The van der Waals surface area contributed by atoms with E-state index in [2.05, 4.69) is 109 Å². The predicted octanol–water partition coefficient (Wildman–Crippen LogP) is 9.19. The Morgan fingerprint density at radius 1 is 0.643 bits per heavy atom. The predicted molar refractivity (Wildman–Crippen MR) is 180 cm³/mol. The van der Waals surface area contributed by atoms with Crippen molar-refractivity contribution in [2.24, 2.45) is 0 Å². The highest BCUT2D eigenvalue weighted by Gasteiger charge is 2.09. The van der Waals surface area contributed by atoms with E-state index < -0.39 is 0 Å². The van der Waals surface area contributed by atoms with Crippen molar-refractivity contribution in [2.45, 2.75) is 52.9 Å². The van der Waals surface area contributed by atoms with Crippen LogP contribution in [0.1, 0.15) is 75.1 Å². The Bertz CT molecular complexity index is 1310. The highest BCUT2D eigenvalue weighted by atomic mass is 16.5. The molecule has 0 amide bonds. The lowest BCUT2D eigenvalue weighted by molar-refractivity contribution is 0.401. The number of hydrogen-bond acceptors (Lipinski definition) is 5. The van der Waals surface area contributed by atoms with Gasteiger partial charge in [0.1, 0.15) is 11.5 Å². The van der Waals surface area contributed by atoms with Gasteiger partial charge in [0.05, 0.1) is 26.7 Å². The van der Waals surface area contributed by atoms with Crippen LogP contribution < -0.4 is 19.3 Å². The number of anilines is 2. The van der Waals surface area contributed by atoms with Crippen molar-refractivity contribution in [3.8, 4) is 17.6 Å². The third-order valence-corrected chi connectivity index (χ3v) is 7.45. The molecular formula is C37H47N3O2. The molecule has 3 rings (SSSR count). The van der Waals surface area contributed by atoms with Gasteiger partial charge in [-0.05, 0) is 67.3 Å². The molecule has 0 saturated heterocycles. The second-order valence-electron chi connectivity index (χ2n) is 10.4. The number of unbranched alkanes of at least 4 members (excludes halogenated alkanes) is 2. The normalized spacial score (nSPS) is 11.1. The van der Waals surface area contributed by atoms with Gasteiger partial charge in [-0.25, -0.2) is 0 Å². The zero-order valence-corrected chi connectivity index (χ0v) is 26.1. The lowest BCUT2D eigenvalue weighted by atomic mass is 10.0. The molecule has 3 aromatic carbocycles. The first-order valence-corrected chi connectivity index (χ1v) is 15.3. The van der Waals surface area contributed by atoms with Crippen LogP contribution >= 0.6 is 0 Å². The van der Waals surface area contributed by atoms with Gasteiger partial charge in [-0.15, -0.1) is 0 Å². The third kappa shape index (κ3) is 9.45. The minimum Gasteiger partial charge on any atom is -0.496 e. The molecule has 0 atom stereocenters. The van der Waals surface area contributed by atoms with Crippen LogP contribution in [0.3, 0.4) is 0 Å². The molecule has 0 aromatic heterocycles. The van der Waals surface area contributed by atoms with Gasteiger partial charge in [-0.1, -0.05) is 75.3 Å². The Kier molecular flexibility index (Phi) is 13.6. The summed E-state index contributed by atoms with van der Waals surface area (Å²) in [6.07, 6.45) is 13.7. The first kappa shape index (κ1) is 32.3. The van der Waals surface area contributed by atoms with Crippen molar-refractivity contribution in [3.05, 3.63) is 82.9 Å². The first-order valence-electron chi connectivity index (χ1n) is 15.3. The lowest BCUT2D eigenvalue weighted by Gasteiger charge is -2.24. The van der Waals surface area contributed by atoms with E-state index in [0.29, 0.717) is 6.42 Å². The van der Waals surface area contributed by atoms with Crippen LogP contribution in [-0.2, 0) is 0 Å². The van der Waals surface area contributed by atoms with Gasteiger partial charge >= 0.3 is 0 Å². The van der Waals surface area contributed by atoms with E-state index in [9.17, 15) is 0 Å². The zero-order valence-electron chi connectivity index (χ0n) is 26.1. The van der Waals surface area contributed by atoms with Crippen LogP contribution in [0.25, 0.3) is 24.3 Å². The Labute approximate surface area is 253 Å². The summed E-state index contributed by atoms with van der Waals surface area (Å²) < 4.78 is 11.5. The van der Waals surface area contributed by atoms with Crippen molar-refractivity contribution in [1.82, 2.24) is 0 Å². The van der Waals surface area contributed by atoms with Gasteiger partial charge in [0.15, 0.2) is 0 Å². The number of hydrogen-bond donors (Lipinski definition) is 0. The average molecular weight is 566 g/mol. The largest absolute Gasteiger partial charge is 0.496 e. The standard InChI is InChI=1S/C37H47N3O2/c1-6-9-25-40(26-10-7-2)35-22-16-31(17-23-35)13-19-33-29-36(41-4)32(28-37(33)42-5)18-12-30-14-20-34(21-15-30)39(8-3)27-11-24-38/h12-23,28-29H,6-11,25-27H2,1-5H3/b18-12+,19-13+. The fourth-order valence-corrected chi connectivity index (χ4v) is 4.89. The summed E-state index contributed by atoms with van der Waals surface area (Å²) in [7, 11) is 3.40. The average Bonchev–Trinajstić information content (AvgIpc) is 3.04. The van der Waals surface area contributed by atoms with Crippen molar-refractivity contribution < 1.29 is 9.47 Å². The monoisotopic (exact) mass is 565 g/mol. The second kappa shape index (κ2) is 17.6. The van der Waals surface area contributed by atoms with Gasteiger partial charge < -0.3 is 19.3 Å². The summed E-state index contributed by atoms with van der Waals surface area (Å²) in [5.41, 5.74) is 6.56. The van der Waals surface area contributed by atoms with Crippen molar-refractivity contribution in [2.75, 3.05) is 50.2 Å². The van der Waals surface area contributed by atoms with Gasteiger partial charge in [0, 0.05) is 48.7 Å². The molecule has 5 heteroatoms. The Hall–Kier alpha value is -4.17. The first-order chi connectivity index (χ1) is 20.6. The Balaban J connectivity index is 1.76. The maximum Gasteiger partial charge on any atom is 0.126 e. The van der Waals surface area contributed by atoms with E-state index in [0.717, 1.165) is 65.6 Å². The highest BCUT2D eigenvalue weighted by Crippen LogP contribution is 2.32. The highest BCUT2D eigenvalue weighted by molar-refractivity contribution is 5.79. The molecule has 5 nitrogen and oxygen atoms in total. The van der Waals surface area contributed by atoms with E-state index in [1.54, 1.807) is 14.2 Å². The summed E-state index contributed by atoms with van der Waals surface area (Å²) in [4.78, 5) is 4.72. The zero-order chi connectivity index (χ0) is 30.2. The van der Waals surface area contributed by atoms with E-state index in [1.807, 2.05) is 12.1 Å². The molecule has 3 aromatic rings. The molecule has 0 spiro atoms. The van der Waals surface area contributed by atoms with Gasteiger partial charge in [0.2, 0.25) is 0 Å². The number of benzene rings is 3. The van der Waals surface area contributed by atoms with E-state index in [1.165, 1.54) is 31.4 Å². The molecule has 0 fully saturated rings. The molecule has 0 bridgehead atoms. The number of ether oxygens (including phenoxy) is 2. The van der Waals surface area contributed by atoms with Crippen LogP contribution in [-0.4, -0.2) is 40.4 Å². The number of methoxy groups -OCH3 is 2. The van der Waals surface area contributed by atoms with Gasteiger partial charge in [-0.3, -0.25) is 0 Å². The molecule has 0 saturated carbocycles. The Morgan fingerprint density at radius 2 is 1.10 bits per heavy atom. The molecule has 222 valence electrons. The Morgan fingerprint density at radius 3 is 1.48 bits per heavy atom. The molecular weight excluding hydrogens is 518 g/mol. The maximum absolute atomic E-state index is 8.92. The summed E-state index contributed by atoms with van der Waals surface area (Å²) in [5, 5.41) is 8.92. The molecule has 0 aliphatic carbocycles. The smallest absolute Gasteiger partial charge is 0.126 e. The van der Waals surface area contributed by atoms with E-state index in [-0.39, 0.29) is 0 Å². The quantitative estimate of drug-likeness (QED) is 0.153. The fourth-order valence-electron chi connectivity index (χ4n) is 4.89. The SMILES string of the molecule is CCCCN(CCCC)c1ccc(/C=C/c2cc(OC)c(/C=C/c3ccc(N(CC)CCC#N)cc3)cc2OC)cc1. The van der Waals surface area contributed by atoms with Crippen molar-refractivity contribution in [1.29, 1.82) is 5.26 Å². The topological polar surface area (TPSA) is 48.7 Å². The van der Waals surface area contributed by atoms with Crippen LogP contribution in [0.2, 0.25) is 0 Å². The van der Waals surface area contributed by atoms with Gasteiger partial charge in [0.25, 0.3) is 0 Å². The van der Waals surface area contributed by atoms with E-state index >= 15 is 0 Å². The molecule has 0 aliphatic rings. The van der Waals surface area contributed by atoms with Crippen molar-refractivity contribution >= 4 is 35.7 Å². The second-order valence-corrected chi connectivity index (χ2v) is 10.4. The molecule has 0 radical (unpaired) electrons. The molecule has 0 unspecified atom stereocenters. The summed E-state index contributed by atoms with van der Waals surface area (Å²) in [6.45, 7) is 10.4.